The Morgan fingerprint density at radius 2 is 0.975 bits per heavy atom. The summed E-state index contributed by atoms with van der Waals surface area (Å²) in [6, 6.07) is 42.7. The number of hydrogen-bond acceptors (Lipinski definition) is 7. The lowest BCUT2D eigenvalue weighted by atomic mass is 10.2. The molecule has 206 valence electrons. The summed E-state index contributed by atoms with van der Waals surface area (Å²) in [5.74, 6) is 1.52. The number of aromatic nitrogens is 1. The molecule has 1 heterocycles. The Bertz CT molecular complexity index is 1360. The smallest absolute Gasteiger partial charge is 0.262 e. The van der Waals surface area contributed by atoms with Crippen molar-refractivity contribution >= 4 is 34.5 Å². The van der Waals surface area contributed by atoms with Crippen LogP contribution in [0.4, 0.5) is 5.88 Å². The number of halogens is 1. The second-order valence-electron chi connectivity index (χ2n) is 8.74. The predicted octanol–water partition coefficient (Wildman–Crippen LogP) is 1.05. The summed E-state index contributed by atoms with van der Waals surface area (Å²) in [4.78, 5) is 7.63. The summed E-state index contributed by atoms with van der Waals surface area (Å²) in [5.41, 5.74) is 2.00. The van der Waals surface area contributed by atoms with Crippen LogP contribution in [0.2, 0.25) is 0 Å². The van der Waals surface area contributed by atoms with Gasteiger partial charge in [-0.1, -0.05) is 72.8 Å². The van der Waals surface area contributed by atoms with Crippen molar-refractivity contribution in [3.05, 3.63) is 121 Å². The molecule has 5 aromatic rings. The SMILES string of the molecule is CCN(CC)c1oc(-c2ccccc2)nc1[P+](c1ccccc1)(c1ccccc1)c1ccccc1.[O-][Cl+3]([O-])([O-])[O-]. The van der Waals surface area contributed by atoms with Crippen LogP contribution in [0.5, 0.6) is 0 Å². The van der Waals surface area contributed by atoms with E-state index in [0.717, 1.165) is 30.0 Å². The van der Waals surface area contributed by atoms with Crippen LogP contribution in [0.15, 0.2) is 126 Å². The van der Waals surface area contributed by atoms with Gasteiger partial charge in [-0.05, 0) is 62.4 Å². The summed E-state index contributed by atoms with van der Waals surface area (Å²) in [6.07, 6.45) is 0. The van der Waals surface area contributed by atoms with Gasteiger partial charge in [0.1, 0.15) is 15.9 Å². The number of oxazole rings is 1. The van der Waals surface area contributed by atoms with Crippen molar-refractivity contribution in [3.63, 3.8) is 0 Å². The monoisotopic (exact) mass is 576 g/mol. The molecule has 0 spiro atoms. The van der Waals surface area contributed by atoms with Crippen LogP contribution in [0, 0.1) is 10.2 Å². The maximum absolute atomic E-state index is 8.49. The molecule has 40 heavy (non-hydrogen) atoms. The Morgan fingerprint density at radius 1 is 0.625 bits per heavy atom. The summed E-state index contributed by atoms with van der Waals surface area (Å²) in [7, 11) is -7.31. The predicted molar refractivity (Wildman–Crippen MR) is 150 cm³/mol. The fourth-order valence-corrected chi connectivity index (χ4v) is 8.91. The highest BCUT2D eigenvalue weighted by atomic mass is 35.7. The van der Waals surface area contributed by atoms with Crippen LogP contribution in [0.25, 0.3) is 11.5 Å². The van der Waals surface area contributed by atoms with Crippen LogP contribution in [-0.2, 0) is 0 Å². The zero-order valence-electron chi connectivity index (χ0n) is 22.2. The van der Waals surface area contributed by atoms with Gasteiger partial charge in [0.05, 0.1) is 0 Å². The highest BCUT2D eigenvalue weighted by Crippen LogP contribution is 2.56. The second kappa shape index (κ2) is 13.2. The first-order chi connectivity index (χ1) is 19.3. The first kappa shape index (κ1) is 29.4. The van der Waals surface area contributed by atoms with Gasteiger partial charge in [-0.15, -0.1) is 10.2 Å². The van der Waals surface area contributed by atoms with Crippen LogP contribution in [-0.4, -0.2) is 18.1 Å². The molecule has 0 saturated heterocycles. The van der Waals surface area contributed by atoms with Crippen LogP contribution in [0.3, 0.4) is 0 Å². The van der Waals surface area contributed by atoms with Gasteiger partial charge in [0.25, 0.3) is 11.3 Å². The second-order valence-corrected chi connectivity index (χ2v) is 12.8. The van der Waals surface area contributed by atoms with Crippen LogP contribution >= 0.6 is 7.26 Å². The van der Waals surface area contributed by atoms with Crippen LogP contribution in [0.1, 0.15) is 13.8 Å². The van der Waals surface area contributed by atoms with Gasteiger partial charge in [0, 0.05) is 18.7 Å². The minimum Gasteiger partial charge on any atom is -0.416 e. The number of rotatable bonds is 8. The summed E-state index contributed by atoms with van der Waals surface area (Å²) < 4.78 is 40.6. The molecule has 1 aromatic heterocycles. The summed E-state index contributed by atoms with van der Waals surface area (Å²) in [6.45, 7) is 6.02. The molecular formula is C31H30ClN2O5P. The topological polar surface area (TPSA) is 122 Å². The van der Waals surface area contributed by atoms with Crippen molar-refractivity contribution in [2.75, 3.05) is 18.0 Å². The molecule has 0 aliphatic rings. The lowest BCUT2D eigenvalue weighted by molar-refractivity contribution is -2.00. The highest BCUT2D eigenvalue weighted by molar-refractivity contribution is 8.01. The van der Waals surface area contributed by atoms with Crippen molar-refractivity contribution in [2.45, 2.75) is 13.8 Å². The largest absolute Gasteiger partial charge is 0.416 e. The van der Waals surface area contributed by atoms with Crippen molar-refractivity contribution < 1.29 is 33.3 Å². The zero-order valence-corrected chi connectivity index (χ0v) is 23.9. The Morgan fingerprint density at radius 3 is 1.32 bits per heavy atom. The van der Waals surface area contributed by atoms with Crippen molar-refractivity contribution in [3.8, 4) is 11.5 Å². The minimum absolute atomic E-state index is 0.662. The molecule has 0 atom stereocenters. The zero-order chi connectivity index (χ0) is 28.6. The molecule has 0 aliphatic carbocycles. The molecule has 0 amide bonds. The molecule has 0 aliphatic heterocycles. The summed E-state index contributed by atoms with van der Waals surface area (Å²) in [5, 5.41) is 3.79. The lowest BCUT2D eigenvalue weighted by Crippen LogP contribution is -2.68. The van der Waals surface area contributed by atoms with Gasteiger partial charge in [0.2, 0.25) is 5.89 Å². The highest BCUT2D eigenvalue weighted by Gasteiger charge is 2.53. The fourth-order valence-electron chi connectivity index (χ4n) is 4.71. The Kier molecular flexibility index (Phi) is 9.71. The normalized spacial score (nSPS) is 11.4. The quantitative estimate of drug-likeness (QED) is 0.253. The Hall–Kier alpha value is -3.55. The lowest BCUT2D eigenvalue weighted by Gasteiger charge is -2.27. The third-order valence-corrected chi connectivity index (χ3v) is 10.6. The van der Waals surface area contributed by atoms with E-state index in [-0.39, 0.29) is 0 Å². The van der Waals surface area contributed by atoms with Gasteiger partial charge in [-0.3, -0.25) is 0 Å². The Balaban J connectivity index is 0.000000681. The van der Waals surface area contributed by atoms with Crippen molar-refractivity contribution in [1.29, 1.82) is 0 Å². The minimum atomic E-state index is -4.94. The average Bonchev–Trinajstić information content (AvgIpc) is 3.41. The Labute approximate surface area is 237 Å². The molecular weight excluding hydrogens is 547 g/mol. The molecule has 0 N–H and O–H groups in total. The molecule has 4 aromatic carbocycles. The first-order valence-electron chi connectivity index (χ1n) is 12.8. The van der Waals surface area contributed by atoms with E-state index in [1.165, 1.54) is 15.9 Å². The van der Waals surface area contributed by atoms with Gasteiger partial charge < -0.3 is 9.32 Å². The van der Waals surface area contributed by atoms with E-state index in [1.807, 2.05) is 18.2 Å². The van der Waals surface area contributed by atoms with E-state index in [0.29, 0.717) is 5.89 Å². The van der Waals surface area contributed by atoms with E-state index in [2.05, 4.69) is 122 Å². The maximum atomic E-state index is 8.49. The number of benzene rings is 4. The first-order valence-corrected chi connectivity index (χ1v) is 15.8. The summed E-state index contributed by atoms with van der Waals surface area (Å²) >= 11 is 0. The maximum Gasteiger partial charge on any atom is 0.262 e. The van der Waals surface area contributed by atoms with Gasteiger partial charge >= 0.3 is 0 Å². The number of nitrogens with zero attached hydrogens (tertiary/aromatic N) is 2. The van der Waals surface area contributed by atoms with Gasteiger partial charge in [-0.2, -0.15) is 4.98 Å². The molecule has 0 fully saturated rings. The van der Waals surface area contributed by atoms with Crippen LogP contribution < -0.4 is 44.9 Å². The number of anilines is 1. The van der Waals surface area contributed by atoms with Crippen molar-refractivity contribution in [1.82, 2.24) is 4.98 Å². The molecule has 5 rings (SSSR count). The standard InChI is InChI=1S/C31H30N2OP.ClHO4/c1-3-33(4-2)31-30(32-29(34-31)25-17-9-5-10-18-25)35(26-19-11-6-12-20-26,27-21-13-7-14-22-27)28-23-15-8-16-24-28;2-1(3,4)5/h5-24H,3-4H2,1-2H3;(H,2,3,4,5)/q+1;/p-1. The van der Waals surface area contributed by atoms with E-state index in [4.69, 9.17) is 28.0 Å². The van der Waals surface area contributed by atoms with E-state index < -0.39 is 17.5 Å². The molecule has 0 bridgehead atoms. The molecule has 0 radical (unpaired) electrons. The van der Waals surface area contributed by atoms with E-state index >= 15 is 0 Å². The average molecular weight is 577 g/mol. The molecule has 9 heteroatoms. The molecule has 0 saturated carbocycles. The van der Waals surface area contributed by atoms with E-state index in [1.54, 1.807) is 0 Å². The van der Waals surface area contributed by atoms with E-state index in [9.17, 15) is 0 Å². The fraction of sp³-hybridized carbons (Fsp3) is 0.129. The van der Waals surface area contributed by atoms with Gasteiger partial charge in [0.15, 0.2) is 7.26 Å². The van der Waals surface area contributed by atoms with Gasteiger partial charge in [-0.25, -0.2) is 18.6 Å². The molecule has 0 unspecified atom stereocenters. The number of hydrogen-bond donors (Lipinski definition) is 0. The molecule has 7 nitrogen and oxygen atoms in total. The third-order valence-electron chi connectivity index (χ3n) is 6.41. The van der Waals surface area contributed by atoms with Crippen molar-refractivity contribution in [2.24, 2.45) is 0 Å². The third kappa shape index (κ3) is 6.60.